The Labute approximate surface area is 108 Å². The van der Waals surface area contributed by atoms with E-state index in [0.29, 0.717) is 6.54 Å². The summed E-state index contributed by atoms with van der Waals surface area (Å²) >= 11 is 9.53. The quantitative estimate of drug-likeness (QED) is 0.813. The van der Waals surface area contributed by atoms with Gasteiger partial charge in [0.2, 0.25) is 0 Å². The van der Waals surface area contributed by atoms with Crippen LogP contribution in [0.5, 0.6) is 0 Å². The first-order valence-corrected chi connectivity index (χ1v) is 6.23. The van der Waals surface area contributed by atoms with Crippen molar-refractivity contribution in [2.24, 2.45) is 0 Å². The van der Waals surface area contributed by atoms with Crippen molar-refractivity contribution in [2.45, 2.75) is 18.3 Å². The standard InChI is InChI=1S/C11H11BrClN3/c1-8(12)11-7-16(15-14-11)6-9-4-2-3-5-10(9)13/h2-5,7-8H,6H2,1H3. The van der Waals surface area contributed by atoms with Crippen molar-refractivity contribution in [1.82, 2.24) is 15.0 Å². The summed E-state index contributed by atoms with van der Waals surface area (Å²) in [6.07, 6.45) is 1.92. The molecule has 1 aromatic carbocycles. The molecule has 0 saturated carbocycles. The third kappa shape index (κ3) is 2.62. The lowest BCUT2D eigenvalue weighted by Gasteiger charge is -2.02. The van der Waals surface area contributed by atoms with Crippen LogP contribution in [0.3, 0.4) is 0 Å². The zero-order chi connectivity index (χ0) is 11.5. The van der Waals surface area contributed by atoms with Crippen LogP contribution in [0.25, 0.3) is 0 Å². The van der Waals surface area contributed by atoms with Gasteiger partial charge in [-0.1, -0.05) is 50.9 Å². The second-order valence-corrected chi connectivity index (χ2v) is 5.33. The fraction of sp³-hybridized carbons (Fsp3) is 0.273. The number of hydrogen-bond acceptors (Lipinski definition) is 2. The van der Waals surface area contributed by atoms with Gasteiger partial charge in [0, 0.05) is 11.2 Å². The second kappa shape index (κ2) is 4.97. The van der Waals surface area contributed by atoms with Crippen molar-refractivity contribution in [1.29, 1.82) is 0 Å². The molecule has 0 radical (unpaired) electrons. The van der Waals surface area contributed by atoms with E-state index in [2.05, 4.69) is 26.2 Å². The molecular formula is C11H11BrClN3. The molecule has 0 aliphatic carbocycles. The predicted octanol–water partition coefficient (Wildman–Crippen LogP) is 3.44. The average Bonchev–Trinajstić information content (AvgIpc) is 2.70. The SMILES string of the molecule is CC(Br)c1cn(Cc2ccccc2Cl)nn1. The number of aromatic nitrogens is 3. The molecule has 0 aliphatic heterocycles. The van der Waals surface area contributed by atoms with E-state index in [4.69, 9.17) is 11.6 Å². The number of nitrogens with zero attached hydrogens (tertiary/aromatic N) is 3. The van der Waals surface area contributed by atoms with E-state index in [0.717, 1.165) is 16.3 Å². The van der Waals surface area contributed by atoms with Crippen LogP contribution < -0.4 is 0 Å². The Morgan fingerprint density at radius 2 is 2.19 bits per heavy atom. The molecular weight excluding hydrogens is 289 g/mol. The smallest absolute Gasteiger partial charge is 0.0960 e. The molecule has 0 saturated heterocycles. The highest BCUT2D eigenvalue weighted by atomic mass is 79.9. The van der Waals surface area contributed by atoms with Gasteiger partial charge >= 0.3 is 0 Å². The molecule has 0 N–H and O–H groups in total. The lowest BCUT2D eigenvalue weighted by atomic mass is 10.2. The Bertz CT molecular complexity index is 482. The van der Waals surface area contributed by atoms with Crippen LogP contribution in [0.4, 0.5) is 0 Å². The van der Waals surface area contributed by atoms with Gasteiger partial charge in [-0.3, -0.25) is 0 Å². The fourth-order valence-corrected chi connectivity index (χ4v) is 1.78. The Kier molecular flexibility index (Phi) is 3.61. The summed E-state index contributed by atoms with van der Waals surface area (Å²) in [5.41, 5.74) is 1.97. The molecule has 0 aliphatic rings. The minimum absolute atomic E-state index is 0.215. The van der Waals surface area contributed by atoms with E-state index in [1.165, 1.54) is 0 Å². The average molecular weight is 301 g/mol. The largest absolute Gasteiger partial charge is 0.248 e. The summed E-state index contributed by atoms with van der Waals surface area (Å²) in [5.74, 6) is 0. The van der Waals surface area contributed by atoms with Gasteiger partial charge in [-0.15, -0.1) is 5.10 Å². The lowest BCUT2D eigenvalue weighted by molar-refractivity contribution is 0.649. The second-order valence-electron chi connectivity index (χ2n) is 3.55. The molecule has 0 fully saturated rings. The number of benzene rings is 1. The molecule has 84 valence electrons. The van der Waals surface area contributed by atoms with Crippen molar-refractivity contribution in [3.8, 4) is 0 Å². The Morgan fingerprint density at radius 3 is 2.81 bits per heavy atom. The highest BCUT2D eigenvalue weighted by Crippen LogP contribution is 2.19. The fourth-order valence-electron chi connectivity index (χ4n) is 1.37. The molecule has 1 unspecified atom stereocenters. The normalized spacial score (nSPS) is 12.7. The zero-order valence-electron chi connectivity index (χ0n) is 8.77. The first-order chi connectivity index (χ1) is 7.66. The van der Waals surface area contributed by atoms with Crippen molar-refractivity contribution in [3.63, 3.8) is 0 Å². The van der Waals surface area contributed by atoms with Crippen LogP contribution in [0.15, 0.2) is 30.5 Å². The van der Waals surface area contributed by atoms with E-state index in [9.17, 15) is 0 Å². The molecule has 0 spiro atoms. The molecule has 2 rings (SSSR count). The topological polar surface area (TPSA) is 30.7 Å². The number of hydrogen-bond donors (Lipinski definition) is 0. The first kappa shape index (κ1) is 11.6. The third-order valence-corrected chi connectivity index (χ3v) is 3.09. The van der Waals surface area contributed by atoms with Crippen LogP contribution in [0.2, 0.25) is 5.02 Å². The molecule has 1 aromatic heterocycles. The van der Waals surface area contributed by atoms with E-state index in [1.807, 2.05) is 37.4 Å². The maximum Gasteiger partial charge on any atom is 0.0960 e. The Balaban J connectivity index is 2.18. The van der Waals surface area contributed by atoms with Gasteiger partial charge in [-0.25, -0.2) is 4.68 Å². The summed E-state index contributed by atoms with van der Waals surface area (Å²) in [5, 5.41) is 8.87. The molecule has 0 amide bonds. The summed E-state index contributed by atoms with van der Waals surface area (Å²) in [6, 6.07) is 7.74. The van der Waals surface area contributed by atoms with Crippen LogP contribution in [-0.4, -0.2) is 15.0 Å². The summed E-state index contributed by atoms with van der Waals surface area (Å²) in [7, 11) is 0. The van der Waals surface area contributed by atoms with Gasteiger partial charge in [0.15, 0.2) is 0 Å². The van der Waals surface area contributed by atoms with E-state index < -0.39 is 0 Å². The first-order valence-electron chi connectivity index (χ1n) is 4.94. The zero-order valence-corrected chi connectivity index (χ0v) is 11.1. The molecule has 1 heterocycles. The third-order valence-electron chi connectivity index (χ3n) is 2.25. The van der Waals surface area contributed by atoms with Crippen molar-refractivity contribution < 1.29 is 0 Å². The van der Waals surface area contributed by atoms with Crippen LogP contribution in [-0.2, 0) is 6.54 Å². The van der Waals surface area contributed by atoms with E-state index in [1.54, 1.807) is 4.68 Å². The van der Waals surface area contributed by atoms with E-state index >= 15 is 0 Å². The molecule has 16 heavy (non-hydrogen) atoms. The van der Waals surface area contributed by atoms with Crippen molar-refractivity contribution in [3.05, 3.63) is 46.7 Å². The maximum atomic E-state index is 6.07. The molecule has 0 bridgehead atoms. The number of rotatable bonds is 3. The van der Waals surface area contributed by atoms with Crippen LogP contribution in [0, 0.1) is 0 Å². The summed E-state index contributed by atoms with van der Waals surface area (Å²) < 4.78 is 1.79. The Hall–Kier alpha value is -0.870. The van der Waals surface area contributed by atoms with Gasteiger partial charge in [0.25, 0.3) is 0 Å². The van der Waals surface area contributed by atoms with Gasteiger partial charge in [0.05, 0.1) is 17.1 Å². The minimum Gasteiger partial charge on any atom is -0.248 e. The van der Waals surface area contributed by atoms with Gasteiger partial charge in [-0.2, -0.15) is 0 Å². The molecule has 1 atom stereocenters. The van der Waals surface area contributed by atoms with Gasteiger partial charge in [-0.05, 0) is 18.6 Å². The molecule has 3 nitrogen and oxygen atoms in total. The lowest BCUT2D eigenvalue weighted by Crippen LogP contribution is -2.00. The van der Waals surface area contributed by atoms with Crippen LogP contribution >= 0.6 is 27.5 Å². The van der Waals surface area contributed by atoms with E-state index in [-0.39, 0.29) is 4.83 Å². The van der Waals surface area contributed by atoms with Crippen molar-refractivity contribution in [2.75, 3.05) is 0 Å². The summed E-state index contributed by atoms with van der Waals surface area (Å²) in [4.78, 5) is 0.215. The minimum atomic E-state index is 0.215. The molecule has 2 aromatic rings. The Morgan fingerprint density at radius 1 is 1.44 bits per heavy atom. The monoisotopic (exact) mass is 299 g/mol. The summed E-state index contributed by atoms with van der Waals surface area (Å²) in [6.45, 7) is 2.66. The highest BCUT2D eigenvalue weighted by Gasteiger charge is 2.07. The van der Waals surface area contributed by atoms with Crippen LogP contribution in [0.1, 0.15) is 23.0 Å². The predicted molar refractivity (Wildman–Crippen MR) is 67.9 cm³/mol. The number of alkyl halides is 1. The van der Waals surface area contributed by atoms with Gasteiger partial charge < -0.3 is 0 Å². The van der Waals surface area contributed by atoms with Gasteiger partial charge in [0.1, 0.15) is 0 Å². The van der Waals surface area contributed by atoms with Crippen molar-refractivity contribution >= 4 is 27.5 Å². The highest BCUT2D eigenvalue weighted by molar-refractivity contribution is 9.09. The number of halogens is 2. The maximum absolute atomic E-state index is 6.07. The molecule has 5 heteroatoms.